The molecule has 0 aliphatic carbocycles. The lowest BCUT2D eigenvalue weighted by molar-refractivity contribution is 0.0698. The van der Waals surface area contributed by atoms with Crippen molar-refractivity contribution in [2.45, 2.75) is 32.4 Å². The molecule has 0 unspecified atom stereocenters. The summed E-state index contributed by atoms with van der Waals surface area (Å²) in [4.78, 5) is 27.2. The molecule has 0 saturated carbocycles. The van der Waals surface area contributed by atoms with Crippen LogP contribution in [0, 0.1) is 0 Å². The minimum atomic E-state index is -0.906. The first-order valence-corrected chi connectivity index (χ1v) is 9.37. The summed E-state index contributed by atoms with van der Waals surface area (Å²) >= 11 is 0. The molecule has 0 fully saturated rings. The minimum Gasteiger partial charge on any atom is -0.478 e. The zero-order chi connectivity index (χ0) is 19.8. The van der Waals surface area contributed by atoms with Gasteiger partial charge in [-0.1, -0.05) is 24.3 Å². The summed E-state index contributed by atoms with van der Waals surface area (Å²) in [5, 5.41) is 15.8. The van der Waals surface area contributed by atoms with E-state index in [1.54, 1.807) is 18.6 Å². The van der Waals surface area contributed by atoms with Crippen LogP contribution in [0.4, 0.5) is 4.79 Å². The van der Waals surface area contributed by atoms with Gasteiger partial charge in [-0.25, -0.2) is 9.59 Å². The Morgan fingerprint density at radius 3 is 2.68 bits per heavy atom. The number of aromatic carboxylic acids is 1. The number of unbranched alkanes of at least 4 members (excludes halogenated alkanes) is 2. The van der Waals surface area contributed by atoms with Gasteiger partial charge in [-0.3, -0.25) is 4.98 Å². The Kier molecular flexibility index (Phi) is 6.62. The number of benzene rings is 1. The summed E-state index contributed by atoms with van der Waals surface area (Å²) in [6, 6.07) is 11.1. The van der Waals surface area contributed by atoms with Gasteiger partial charge in [0.1, 0.15) is 0 Å². The van der Waals surface area contributed by atoms with Crippen LogP contribution in [0.25, 0.3) is 10.9 Å². The molecule has 0 saturated heterocycles. The third-order valence-electron chi connectivity index (χ3n) is 4.56. The molecular formula is C21H24N4O3. The Labute approximate surface area is 163 Å². The van der Waals surface area contributed by atoms with Crippen molar-refractivity contribution in [1.82, 2.24) is 20.2 Å². The zero-order valence-electron chi connectivity index (χ0n) is 15.6. The third kappa shape index (κ3) is 5.09. The maximum absolute atomic E-state index is 11.8. The smallest absolute Gasteiger partial charge is 0.337 e. The first-order valence-electron chi connectivity index (χ1n) is 9.37. The number of urea groups is 1. The number of pyridine rings is 1. The van der Waals surface area contributed by atoms with Gasteiger partial charge in [-0.2, -0.15) is 0 Å². The molecule has 3 N–H and O–H groups in total. The number of aryl methyl sites for hydroxylation is 1. The summed E-state index contributed by atoms with van der Waals surface area (Å²) in [6.07, 6.45) is 7.85. The van der Waals surface area contributed by atoms with E-state index >= 15 is 0 Å². The van der Waals surface area contributed by atoms with E-state index in [0.29, 0.717) is 18.7 Å². The number of rotatable bonds is 9. The monoisotopic (exact) mass is 380 g/mol. The second-order valence-corrected chi connectivity index (χ2v) is 6.59. The highest BCUT2D eigenvalue weighted by Gasteiger charge is 2.13. The van der Waals surface area contributed by atoms with Crippen molar-refractivity contribution < 1.29 is 14.7 Å². The van der Waals surface area contributed by atoms with Crippen LogP contribution in [-0.4, -0.2) is 33.2 Å². The topological polar surface area (TPSA) is 96.2 Å². The number of carbonyl (C=O) groups is 2. The maximum Gasteiger partial charge on any atom is 0.337 e. The second-order valence-electron chi connectivity index (χ2n) is 6.59. The lowest BCUT2D eigenvalue weighted by Crippen LogP contribution is -2.35. The molecule has 3 aromatic rings. The number of nitrogens with one attached hydrogen (secondary N) is 2. The highest BCUT2D eigenvalue weighted by molar-refractivity contribution is 6.03. The molecule has 0 aliphatic heterocycles. The van der Waals surface area contributed by atoms with Gasteiger partial charge in [-0.15, -0.1) is 0 Å². The second kappa shape index (κ2) is 9.55. The molecule has 2 heterocycles. The number of amides is 2. The Morgan fingerprint density at radius 1 is 1.04 bits per heavy atom. The van der Waals surface area contributed by atoms with Crippen molar-refractivity contribution in [2.24, 2.45) is 0 Å². The van der Waals surface area contributed by atoms with Gasteiger partial charge in [0, 0.05) is 49.1 Å². The molecule has 28 heavy (non-hydrogen) atoms. The van der Waals surface area contributed by atoms with E-state index in [-0.39, 0.29) is 6.03 Å². The summed E-state index contributed by atoms with van der Waals surface area (Å²) in [5.74, 6) is -0.906. The minimum absolute atomic E-state index is 0.189. The van der Waals surface area contributed by atoms with Crippen molar-refractivity contribution in [2.75, 3.05) is 6.54 Å². The molecule has 3 rings (SSSR count). The predicted molar refractivity (Wildman–Crippen MR) is 107 cm³/mol. The van der Waals surface area contributed by atoms with Crippen LogP contribution in [0.3, 0.4) is 0 Å². The van der Waals surface area contributed by atoms with Crippen molar-refractivity contribution in [3.63, 3.8) is 0 Å². The van der Waals surface area contributed by atoms with Crippen molar-refractivity contribution in [3.8, 4) is 0 Å². The Bertz CT molecular complexity index is 937. The molecule has 0 aliphatic rings. The van der Waals surface area contributed by atoms with Crippen molar-refractivity contribution in [3.05, 3.63) is 66.1 Å². The standard InChI is InChI=1S/C21H24N4O3/c26-20(27)18-15-25(19-9-3-2-8-17(18)19)12-5-1-4-11-23-21(28)24-14-16-7-6-10-22-13-16/h2-3,6-10,13,15H,1,4-5,11-12,14H2,(H,26,27)(H2,23,24,28). The quantitative estimate of drug-likeness (QED) is 0.496. The first kappa shape index (κ1) is 19.4. The zero-order valence-corrected chi connectivity index (χ0v) is 15.6. The van der Waals surface area contributed by atoms with E-state index in [1.807, 2.05) is 41.0 Å². The van der Waals surface area contributed by atoms with Crippen LogP contribution in [0.1, 0.15) is 35.2 Å². The lowest BCUT2D eigenvalue weighted by Gasteiger charge is -2.08. The van der Waals surface area contributed by atoms with Crippen LogP contribution >= 0.6 is 0 Å². The molecule has 2 aromatic heterocycles. The fourth-order valence-corrected chi connectivity index (χ4v) is 3.14. The average Bonchev–Trinajstić information content (AvgIpc) is 3.09. The lowest BCUT2D eigenvalue weighted by atomic mass is 10.2. The van der Waals surface area contributed by atoms with Crippen LogP contribution in [0.15, 0.2) is 55.0 Å². The highest BCUT2D eigenvalue weighted by atomic mass is 16.4. The van der Waals surface area contributed by atoms with E-state index in [4.69, 9.17) is 0 Å². The predicted octanol–water partition coefficient (Wildman–Crippen LogP) is 3.40. The molecule has 0 radical (unpaired) electrons. The van der Waals surface area contributed by atoms with Gasteiger partial charge >= 0.3 is 12.0 Å². The first-order chi connectivity index (χ1) is 13.6. The molecule has 7 nitrogen and oxygen atoms in total. The third-order valence-corrected chi connectivity index (χ3v) is 4.56. The van der Waals surface area contributed by atoms with E-state index < -0.39 is 5.97 Å². The fourth-order valence-electron chi connectivity index (χ4n) is 3.14. The molecular weight excluding hydrogens is 356 g/mol. The average molecular weight is 380 g/mol. The Hall–Kier alpha value is -3.35. The summed E-state index contributed by atoms with van der Waals surface area (Å²) in [7, 11) is 0. The number of carboxylic acid groups (broad SMARTS) is 1. The van der Waals surface area contributed by atoms with Crippen LogP contribution in [-0.2, 0) is 13.1 Å². The van der Waals surface area contributed by atoms with Crippen LogP contribution in [0.5, 0.6) is 0 Å². The molecule has 2 amide bonds. The van der Waals surface area contributed by atoms with Crippen LogP contribution in [0.2, 0.25) is 0 Å². The normalized spacial score (nSPS) is 10.7. The summed E-state index contributed by atoms with van der Waals surface area (Å²) < 4.78 is 1.99. The molecule has 0 atom stereocenters. The number of fused-ring (bicyclic) bond motifs is 1. The van der Waals surface area contributed by atoms with Crippen molar-refractivity contribution >= 4 is 22.9 Å². The van der Waals surface area contributed by atoms with E-state index in [9.17, 15) is 14.7 Å². The molecule has 1 aromatic carbocycles. The largest absolute Gasteiger partial charge is 0.478 e. The summed E-state index contributed by atoms with van der Waals surface area (Å²) in [5.41, 5.74) is 2.23. The van der Waals surface area contributed by atoms with Gasteiger partial charge in [0.15, 0.2) is 0 Å². The van der Waals surface area contributed by atoms with Crippen LogP contribution < -0.4 is 10.6 Å². The molecule has 0 spiro atoms. The fraction of sp³-hybridized carbons (Fsp3) is 0.286. The SMILES string of the molecule is O=C(NCCCCCn1cc(C(=O)O)c2ccccc21)NCc1cccnc1. The van der Waals surface area contributed by atoms with Crippen molar-refractivity contribution in [1.29, 1.82) is 0 Å². The number of carbonyl (C=O) groups excluding carboxylic acids is 1. The maximum atomic E-state index is 11.8. The highest BCUT2D eigenvalue weighted by Crippen LogP contribution is 2.21. The molecule has 146 valence electrons. The van der Waals surface area contributed by atoms with E-state index in [2.05, 4.69) is 15.6 Å². The number of nitrogens with zero attached hydrogens (tertiary/aromatic N) is 2. The number of carboxylic acids is 1. The van der Waals surface area contributed by atoms with Gasteiger partial charge in [0.05, 0.1) is 5.56 Å². The van der Waals surface area contributed by atoms with Gasteiger partial charge < -0.3 is 20.3 Å². The molecule has 0 bridgehead atoms. The van der Waals surface area contributed by atoms with Gasteiger partial charge in [0.2, 0.25) is 0 Å². The van der Waals surface area contributed by atoms with E-state index in [1.165, 1.54) is 0 Å². The number of hydrogen-bond donors (Lipinski definition) is 3. The Morgan fingerprint density at radius 2 is 1.89 bits per heavy atom. The van der Waals surface area contributed by atoms with E-state index in [0.717, 1.165) is 42.3 Å². The van der Waals surface area contributed by atoms with Gasteiger partial charge in [-0.05, 0) is 37.0 Å². The Balaban J connectivity index is 1.37. The van der Waals surface area contributed by atoms with Gasteiger partial charge in [0.25, 0.3) is 0 Å². The number of aromatic nitrogens is 2. The summed E-state index contributed by atoms with van der Waals surface area (Å²) in [6.45, 7) is 1.80. The number of hydrogen-bond acceptors (Lipinski definition) is 3. The number of para-hydroxylation sites is 1. The molecule has 7 heteroatoms.